The van der Waals surface area contributed by atoms with E-state index < -0.39 is 5.97 Å². The van der Waals surface area contributed by atoms with Gasteiger partial charge in [0.25, 0.3) is 0 Å². The first-order chi connectivity index (χ1) is 11.2. The van der Waals surface area contributed by atoms with Gasteiger partial charge in [0.15, 0.2) is 0 Å². The van der Waals surface area contributed by atoms with Crippen molar-refractivity contribution in [2.75, 3.05) is 18.5 Å². The third-order valence-corrected chi connectivity index (χ3v) is 4.79. The Balaban J connectivity index is 1.77. The van der Waals surface area contributed by atoms with Gasteiger partial charge >= 0.3 is 5.97 Å². The van der Waals surface area contributed by atoms with Crippen LogP contribution < -0.4 is 5.32 Å². The highest BCUT2D eigenvalue weighted by atomic mass is 16.5. The quantitative estimate of drug-likeness (QED) is 0.908. The van der Waals surface area contributed by atoms with Crippen molar-refractivity contribution >= 4 is 22.6 Å². The maximum absolute atomic E-state index is 11.3. The number of benzene rings is 1. The highest BCUT2D eigenvalue weighted by Crippen LogP contribution is 2.34. The lowest BCUT2D eigenvalue weighted by molar-refractivity contribution is 0.0697. The van der Waals surface area contributed by atoms with Gasteiger partial charge in [-0.05, 0) is 55.9 Å². The van der Waals surface area contributed by atoms with E-state index in [1.165, 1.54) is 5.56 Å². The van der Waals surface area contributed by atoms with Gasteiger partial charge in [-0.3, -0.25) is 4.98 Å². The predicted octanol–water partition coefficient (Wildman–Crippen LogP) is 3.01. The molecular formula is C18H20N2O3. The van der Waals surface area contributed by atoms with Crippen LogP contribution in [-0.4, -0.2) is 35.3 Å². The third kappa shape index (κ3) is 2.65. The van der Waals surface area contributed by atoms with Gasteiger partial charge in [-0.15, -0.1) is 0 Å². The molecule has 1 fully saturated rings. The molecule has 0 unspecified atom stereocenters. The van der Waals surface area contributed by atoms with E-state index in [1.54, 1.807) is 12.1 Å². The first kappa shape index (κ1) is 14.5. The van der Waals surface area contributed by atoms with Gasteiger partial charge in [0, 0.05) is 29.9 Å². The topological polar surface area (TPSA) is 71.5 Å². The zero-order chi connectivity index (χ0) is 15.8. The van der Waals surface area contributed by atoms with Crippen molar-refractivity contribution in [2.24, 2.45) is 0 Å². The molecule has 1 aromatic heterocycles. The zero-order valence-corrected chi connectivity index (χ0v) is 13.0. The number of aromatic carboxylic acids is 1. The van der Waals surface area contributed by atoms with Gasteiger partial charge in [-0.2, -0.15) is 0 Å². The highest BCUT2D eigenvalue weighted by molar-refractivity contribution is 5.99. The Bertz CT molecular complexity index is 766. The fraction of sp³-hybridized carbons (Fsp3) is 0.444. The second kappa shape index (κ2) is 5.81. The van der Waals surface area contributed by atoms with E-state index in [-0.39, 0.29) is 6.10 Å². The summed E-state index contributed by atoms with van der Waals surface area (Å²) in [7, 11) is 0. The molecule has 23 heavy (non-hydrogen) atoms. The maximum atomic E-state index is 11.3. The Hall–Kier alpha value is -2.14. The molecule has 1 aromatic carbocycles. The minimum absolute atomic E-state index is 0.248. The molecule has 0 bridgehead atoms. The molecule has 0 amide bonds. The average molecular weight is 312 g/mol. The number of nitrogens with one attached hydrogen (secondary N) is 1. The van der Waals surface area contributed by atoms with Crippen molar-refractivity contribution in [1.29, 1.82) is 0 Å². The second-order valence-electron chi connectivity index (χ2n) is 6.32. The smallest absolute Gasteiger partial charge is 0.335 e. The molecule has 2 N–H and O–H groups in total. The lowest BCUT2D eigenvalue weighted by atomic mass is 10.0. The standard InChI is InChI=1S/C18H20N2O3/c21-18(22)11-6-7-16-14(9-11)17(13-4-1-5-15(13)20-16)19-10-12-3-2-8-23-12/h6-7,9,12H,1-5,8,10H2,(H,19,20)(H,21,22)/t12-/m0/s1. The summed E-state index contributed by atoms with van der Waals surface area (Å²) >= 11 is 0. The number of carboxylic acids is 1. The molecule has 1 aliphatic carbocycles. The Morgan fingerprint density at radius 2 is 2.26 bits per heavy atom. The summed E-state index contributed by atoms with van der Waals surface area (Å²) in [6.45, 7) is 1.60. The van der Waals surface area contributed by atoms with Crippen LogP contribution in [0.4, 0.5) is 5.69 Å². The molecule has 2 heterocycles. The van der Waals surface area contributed by atoms with Crippen LogP contribution in [0, 0.1) is 0 Å². The summed E-state index contributed by atoms with van der Waals surface area (Å²) in [5.41, 5.74) is 4.62. The van der Waals surface area contributed by atoms with Crippen LogP contribution in [0.25, 0.3) is 10.9 Å². The van der Waals surface area contributed by atoms with E-state index in [2.05, 4.69) is 5.32 Å². The number of hydrogen-bond donors (Lipinski definition) is 2. The molecule has 120 valence electrons. The lowest BCUT2D eigenvalue weighted by Crippen LogP contribution is -2.19. The van der Waals surface area contributed by atoms with E-state index in [1.807, 2.05) is 6.07 Å². The number of aryl methyl sites for hydroxylation is 1. The first-order valence-corrected chi connectivity index (χ1v) is 8.26. The minimum atomic E-state index is -0.905. The molecule has 1 aliphatic heterocycles. The fourth-order valence-electron chi connectivity index (χ4n) is 3.62. The molecule has 0 saturated carbocycles. The minimum Gasteiger partial charge on any atom is -0.478 e. The molecule has 4 rings (SSSR count). The lowest BCUT2D eigenvalue weighted by Gasteiger charge is -2.17. The maximum Gasteiger partial charge on any atom is 0.335 e. The van der Waals surface area contributed by atoms with Crippen molar-refractivity contribution in [3.05, 3.63) is 35.0 Å². The number of ether oxygens (including phenoxy) is 1. The van der Waals surface area contributed by atoms with Gasteiger partial charge < -0.3 is 15.2 Å². The molecule has 5 nitrogen and oxygen atoms in total. The van der Waals surface area contributed by atoms with E-state index in [4.69, 9.17) is 9.72 Å². The van der Waals surface area contributed by atoms with Crippen LogP contribution in [-0.2, 0) is 17.6 Å². The molecule has 2 aliphatic rings. The van der Waals surface area contributed by atoms with E-state index in [0.717, 1.165) is 67.5 Å². The van der Waals surface area contributed by atoms with Crippen LogP contribution in [0.3, 0.4) is 0 Å². The Morgan fingerprint density at radius 3 is 3.04 bits per heavy atom. The normalized spacial score (nSPS) is 19.9. The van der Waals surface area contributed by atoms with Gasteiger partial charge in [0.1, 0.15) is 0 Å². The monoisotopic (exact) mass is 312 g/mol. The van der Waals surface area contributed by atoms with E-state index >= 15 is 0 Å². The SMILES string of the molecule is O=C(O)c1ccc2nc3c(c(NC[C@@H]4CCCO4)c2c1)CCC3. The van der Waals surface area contributed by atoms with Crippen molar-refractivity contribution in [3.63, 3.8) is 0 Å². The zero-order valence-electron chi connectivity index (χ0n) is 13.0. The van der Waals surface area contributed by atoms with Gasteiger partial charge in [0.2, 0.25) is 0 Å². The number of nitrogens with zero attached hydrogens (tertiary/aromatic N) is 1. The van der Waals surface area contributed by atoms with E-state index in [9.17, 15) is 9.90 Å². The summed E-state index contributed by atoms with van der Waals surface area (Å²) in [6, 6.07) is 5.18. The molecule has 1 saturated heterocycles. The third-order valence-electron chi connectivity index (χ3n) is 4.79. The Kier molecular flexibility index (Phi) is 3.65. The summed E-state index contributed by atoms with van der Waals surface area (Å²) in [6.07, 6.45) is 5.56. The molecular weight excluding hydrogens is 292 g/mol. The number of aromatic nitrogens is 1. The number of anilines is 1. The van der Waals surface area contributed by atoms with Gasteiger partial charge in [-0.25, -0.2) is 4.79 Å². The summed E-state index contributed by atoms with van der Waals surface area (Å²) in [4.78, 5) is 16.0. The number of carbonyl (C=O) groups is 1. The van der Waals surface area contributed by atoms with Crippen LogP contribution in [0.5, 0.6) is 0 Å². The van der Waals surface area contributed by atoms with Crippen molar-refractivity contribution in [2.45, 2.75) is 38.2 Å². The van der Waals surface area contributed by atoms with Crippen molar-refractivity contribution < 1.29 is 14.6 Å². The average Bonchev–Trinajstić information content (AvgIpc) is 3.22. The molecule has 0 spiro atoms. The fourth-order valence-corrected chi connectivity index (χ4v) is 3.62. The van der Waals surface area contributed by atoms with Crippen molar-refractivity contribution in [1.82, 2.24) is 4.98 Å². The first-order valence-electron chi connectivity index (χ1n) is 8.26. The molecule has 5 heteroatoms. The number of hydrogen-bond acceptors (Lipinski definition) is 4. The molecule has 1 atom stereocenters. The Labute approximate surface area is 134 Å². The largest absolute Gasteiger partial charge is 0.478 e. The Morgan fingerprint density at radius 1 is 1.35 bits per heavy atom. The van der Waals surface area contributed by atoms with Gasteiger partial charge in [-0.1, -0.05) is 0 Å². The highest BCUT2D eigenvalue weighted by Gasteiger charge is 2.22. The summed E-state index contributed by atoms with van der Waals surface area (Å²) < 4.78 is 5.70. The predicted molar refractivity (Wildman–Crippen MR) is 88.2 cm³/mol. The second-order valence-corrected chi connectivity index (χ2v) is 6.32. The number of pyridine rings is 1. The number of rotatable bonds is 4. The molecule has 0 radical (unpaired) electrons. The number of fused-ring (bicyclic) bond motifs is 2. The van der Waals surface area contributed by atoms with Crippen LogP contribution in [0.15, 0.2) is 18.2 Å². The number of carboxylic acid groups (broad SMARTS) is 1. The van der Waals surface area contributed by atoms with Crippen LogP contribution in [0.2, 0.25) is 0 Å². The molecule has 2 aromatic rings. The van der Waals surface area contributed by atoms with Gasteiger partial charge in [0.05, 0.1) is 17.2 Å². The summed E-state index contributed by atoms with van der Waals surface area (Å²) in [5.74, 6) is -0.905. The summed E-state index contributed by atoms with van der Waals surface area (Å²) in [5, 5.41) is 13.7. The van der Waals surface area contributed by atoms with Crippen molar-refractivity contribution in [3.8, 4) is 0 Å². The van der Waals surface area contributed by atoms with Crippen LogP contribution >= 0.6 is 0 Å². The van der Waals surface area contributed by atoms with E-state index in [0.29, 0.717) is 5.56 Å². The van der Waals surface area contributed by atoms with Crippen LogP contribution in [0.1, 0.15) is 40.9 Å².